The normalized spacial score (nSPS) is 22.1. The van der Waals surface area contributed by atoms with Gasteiger partial charge < -0.3 is 5.32 Å². The minimum Gasteiger partial charge on any atom is -0.349 e. The van der Waals surface area contributed by atoms with Crippen molar-refractivity contribution in [3.8, 4) is 0 Å². The summed E-state index contributed by atoms with van der Waals surface area (Å²) in [7, 11) is -3.29. The van der Waals surface area contributed by atoms with Gasteiger partial charge in [-0.25, -0.2) is 8.42 Å². The molecule has 0 spiro atoms. The lowest BCUT2D eigenvalue weighted by atomic mass is 10.0. The van der Waals surface area contributed by atoms with Crippen LogP contribution in [0.3, 0.4) is 0 Å². The van der Waals surface area contributed by atoms with Crippen molar-refractivity contribution in [1.82, 2.24) is 5.32 Å². The lowest BCUT2D eigenvalue weighted by Gasteiger charge is -2.22. The fourth-order valence-electron chi connectivity index (χ4n) is 3.94. The Balaban J connectivity index is 1.77. The highest BCUT2D eigenvalue weighted by Gasteiger charge is 2.32. The second-order valence-corrected chi connectivity index (χ2v) is 8.98. The number of hydrogen-bond acceptors (Lipinski definition) is 3. The summed E-state index contributed by atoms with van der Waals surface area (Å²) in [6.45, 7) is 1.90. The summed E-state index contributed by atoms with van der Waals surface area (Å²) >= 11 is 0. The molecule has 1 atom stereocenters. The van der Waals surface area contributed by atoms with Crippen molar-refractivity contribution in [3.63, 3.8) is 0 Å². The lowest BCUT2D eigenvalue weighted by Crippen LogP contribution is -2.35. The first-order chi connectivity index (χ1) is 11.4. The van der Waals surface area contributed by atoms with Crippen molar-refractivity contribution in [1.29, 1.82) is 0 Å². The van der Waals surface area contributed by atoms with E-state index in [0.29, 0.717) is 17.7 Å². The number of anilines is 1. The third kappa shape index (κ3) is 3.58. The number of amides is 1. The van der Waals surface area contributed by atoms with Gasteiger partial charge in [-0.2, -0.15) is 0 Å². The van der Waals surface area contributed by atoms with Crippen LogP contribution in [0.2, 0.25) is 0 Å². The second-order valence-electron chi connectivity index (χ2n) is 7.12. The van der Waals surface area contributed by atoms with Crippen molar-refractivity contribution >= 4 is 21.6 Å². The Bertz CT molecular complexity index is 722. The van der Waals surface area contributed by atoms with Crippen LogP contribution in [0, 0.1) is 0 Å². The number of nitrogens with one attached hydrogen (secondary N) is 1. The van der Waals surface area contributed by atoms with Crippen molar-refractivity contribution in [2.45, 2.75) is 64.0 Å². The first kappa shape index (κ1) is 17.3. The van der Waals surface area contributed by atoms with Gasteiger partial charge in [0.25, 0.3) is 5.91 Å². The van der Waals surface area contributed by atoms with E-state index in [-0.39, 0.29) is 18.0 Å². The third-order valence-electron chi connectivity index (χ3n) is 5.04. The second kappa shape index (κ2) is 6.75. The van der Waals surface area contributed by atoms with E-state index in [1.165, 1.54) is 36.2 Å². The number of nitrogens with zero attached hydrogens (tertiary/aromatic N) is 1. The SMILES string of the molecule is C[C@H]1Cc2cc(C(=O)NC3CCCCCC3)ccc2N1S(C)(=O)=O. The third-order valence-corrected chi connectivity index (χ3v) is 6.31. The van der Waals surface area contributed by atoms with Crippen LogP contribution in [0.1, 0.15) is 61.4 Å². The highest BCUT2D eigenvalue weighted by molar-refractivity contribution is 7.92. The predicted molar refractivity (Wildman–Crippen MR) is 95.9 cm³/mol. The van der Waals surface area contributed by atoms with E-state index >= 15 is 0 Å². The lowest BCUT2D eigenvalue weighted by molar-refractivity contribution is 0.0933. The van der Waals surface area contributed by atoms with E-state index in [1.807, 2.05) is 13.0 Å². The Morgan fingerprint density at radius 2 is 1.83 bits per heavy atom. The van der Waals surface area contributed by atoms with Crippen LogP contribution in [0.5, 0.6) is 0 Å². The van der Waals surface area contributed by atoms with Crippen molar-refractivity contribution in [3.05, 3.63) is 29.3 Å². The van der Waals surface area contributed by atoms with Gasteiger partial charge in [0.2, 0.25) is 10.0 Å². The fourth-order valence-corrected chi connectivity index (χ4v) is 5.21. The average molecular weight is 350 g/mol. The molecule has 0 aromatic heterocycles. The van der Waals surface area contributed by atoms with Gasteiger partial charge in [0, 0.05) is 17.6 Å². The smallest absolute Gasteiger partial charge is 0.251 e. The number of hydrogen-bond donors (Lipinski definition) is 1. The van der Waals surface area contributed by atoms with Crippen LogP contribution < -0.4 is 9.62 Å². The van der Waals surface area contributed by atoms with Gasteiger partial charge >= 0.3 is 0 Å². The van der Waals surface area contributed by atoms with Crippen molar-refractivity contribution in [2.24, 2.45) is 0 Å². The van der Waals surface area contributed by atoms with E-state index in [4.69, 9.17) is 0 Å². The van der Waals surface area contributed by atoms with E-state index in [9.17, 15) is 13.2 Å². The molecule has 1 aliphatic carbocycles. The zero-order valence-electron chi connectivity index (χ0n) is 14.4. The highest BCUT2D eigenvalue weighted by Crippen LogP contribution is 2.34. The first-order valence-corrected chi connectivity index (χ1v) is 10.6. The molecule has 1 fully saturated rings. The molecule has 132 valence electrons. The molecular weight excluding hydrogens is 324 g/mol. The number of carbonyl (C=O) groups excluding carboxylic acids is 1. The summed E-state index contributed by atoms with van der Waals surface area (Å²) < 4.78 is 25.4. The van der Waals surface area contributed by atoms with Gasteiger partial charge in [-0.3, -0.25) is 9.10 Å². The number of fused-ring (bicyclic) bond motifs is 1. The summed E-state index contributed by atoms with van der Waals surface area (Å²) in [5.41, 5.74) is 2.26. The van der Waals surface area contributed by atoms with E-state index < -0.39 is 10.0 Å². The summed E-state index contributed by atoms with van der Waals surface area (Å²) in [5, 5.41) is 3.15. The summed E-state index contributed by atoms with van der Waals surface area (Å²) in [5.74, 6) is -0.0461. The molecule has 1 aromatic carbocycles. The van der Waals surface area contributed by atoms with Crippen molar-refractivity contribution < 1.29 is 13.2 Å². The zero-order valence-corrected chi connectivity index (χ0v) is 15.2. The molecule has 0 radical (unpaired) electrons. The molecule has 0 bridgehead atoms. The maximum atomic E-state index is 12.5. The van der Waals surface area contributed by atoms with Crippen LogP contribution in [0.25, 0.3) is 0 Å². The van der Waals surface area contributed by atoms with Crippen LogP contribution in [0.4, 0.5) is 5.69 Å². The van der Waals surface area contributed by atoms with Crippen LogP contribution in [-0.4, -0.2) is 32.7 Å². The van der Waals surface area contributed by atoms with Crippen molar-refractivity contribution in [2.75, 3.05) is 10.6 Å². The number of rotatable bonds is 3. The Kier molecular flexibility index (Phi) is 4.85. The molecule has 1 aliphatic heterocycles. The molecule has 2 aliphatic rings. The van der Waals surface area contributed by atoms with E-state index in [2.05, 4.69) is 5.32 Å². The maximum absolute atomic E-state index is 12.5. The van der Waals surface area contributed by atoms with Gasteiger partial charge in [0.15, 0.2) is 0 Å². The summed E-state index contributed by atoms with van der Waals surface area (Å²) in [4.78, 5) is 12.5. The summed E-state index contributed by atoms with van der Waals surface area (Å²) in [6.07, 6.45) is 8.84. The van der Waals surface area contributed by atoms with Crippen LogP contribution in [0.15, 0.2) is 18.2 Å². The Morgan fingerprint density at radius 1 is 1.17 bits per heavy atom. The standard InChI is InChI=1S/C18H26N2O3S/c1-13-11-15-12-14(9-10-17(15)20(13)24(2,22)23)18(21)19-16-7-5-3-4-6-8-16/h9-10,12-13,16H,3-8,11H2,1-2H3,(H,19,21)/t13-/m0/s1. The number of benzene rings is 1. The van der Waals surface area contributed by atoms with E-state index in [0.717, 1.165) is 18.4 Å². The minimum atomic E-state index is -3.29. The Morgan fingerprint density at radius 3 is 2.46 bits per heavy atom. The maximum Gasteiger partial charge on any atom is 0.251 e. The highest BCUT2D eigenvalue weighted by atomic mass is 32.2. The molecule has 24 heavy (non-hydrogen) atoms. The molecule has 6 heteroatoms. The Hall–Kier alpha value is -1.56. The molecule has 3 rings (SSSR count). The molecule has 1 aromatic rings. The van der Waals surface area contributed by atoms with Crippen LogP contribution in [-0.2, 0) is 16.4 Å². The number of carbonyl (C=O) groups is 1. The molecular formula is C18H26N2O3S. The summed E-state index contributed by atoms with van der Waals surface area (Å²) in [6, 6.07) is 5.52. The van der Waals surface area contributed by atoms with Gasteiger partial charge in [-0.15, -0.1) is 0 Å². The van der Waals surface area contributed by atoms with Gasteiger partial charge in [0.05, 0.1) is 11.9 Å². The molecule has 0 saturated heterocycles. The molecule has 1 amide bonds. The number of sulfonamides is 1. The molecule has 0 unspecified atom stereocenters. The quantitative estimate of drug-likeness (QED) is 0.853. The van der Waals surface area contributed by atoms with Gasteiger partial charge in [-0.05, 0) is 49.9 Å². The largest absolute Gasteiger partial charge is 0.349 e. The molecule has 5 nitrogen and oxygen atoms in total. The monoisotopic (exact) mass is 350 g/mol. The Labute approximate surface area is 144 Å². The topological polar surface area (TPSA) is 66.5 Å². The molecule has 1 N–H and O–H groups in total. The van der Waals surface area contributed by atoms with Gasteiger partial charge in [0.1, 0.15) is 0 Å². The average Bonchev–Trinajstić information content (AvgIpc) is 2.66. The van der Waals surface area contributed by atoms with Crippen LogP contribution >= 0.6 is 0 Å². The first-order valence-electron chi connectivity index (χ1n) is 8.79. The molecule has 1 saturated carbocycles. The molecule has 1 heterocycles. The zero-order chi connectivity index (χ0) is 17.3. The fraction of sp³-hybridized carbons (Fsp3) is 0.611. The minimum absolute atomic E-state index is 0.0461. The predicted octanol–water partition coefficient (Wildman–Crippen LogP) is 2.85. The van der Waals surface area contributed by atoms with E-state index in [1.54, 1.807) is 12.1 Å². The van der Waals surface area contributed by atoms with Gasteiger partial charge in [-0.1, -0.05) is 25.7 Å².